The average molecular weight is 418 g/mol. The maximum Gasteiger partial charge on any atom is 0.306 e. The average Bonchev–Trinajstić information content (AvgIpc) is 2.74. The number of carboxylic acid groups (broad SMARTS) is 1. The van der Waals surface area contributed by atoms with E-state index in [0.29, 0.717) is 34.1 Å². The van der Waals surface area contributed by atoms with Gasteiger partial charge < -0.3 is 33.9 Å². The van der Waals surface area contributed by atoms with Crippen LogP contribution in [0.1, 0.15) is 36.7 Å². The number of fused-ring (bicyclic) bond motifs is 1. The van der Waals surface area contributed by atoms with E-state index in [-0.39, 0.29) is 6.61 Å². The zero-order chi connectivity index (χ0) is 21.9. The monoisotopic (exact) mass is 418 g/mol. The van der Waals surface area contributed by atoms with Gasteiger partial charge in [0.15, 0.2) is 17.6 Å². The van der Waals surface area contributed by atoms with Crippen LogP contribution >= 0.6 is 0 Å². The molecule has 3 rings (SSSR count). The summed E-state index contributed by atoms with van der Waals surface area (Å²) in [5.74, 6) is 0.776. The lowest BCUT2D eigenvalue weighted by Crippen LogP contribution is -2.50. The third-order valence-corrected chi connectivity index (χ3v) is 5.13. The lowest BCUT2D eigenvalue weighted by Gasteiger charge is -2.45. The van der Waals surface area contributed by atoms with E-state index in [9.17, 15) is 15.0 Å². The predicted molar refractivity (Wildman–Crippen MR) is 107 cm³/mol. The van der Waals surface area contributed by atoms with Crippen molar-refractivity contribution in [2.75, 3.05) is 27.9 Å². The van der Waals surface area contributed by atoms with E-state index in [1.807, 2.05) is 0 Å². The highest BCUT2D eigenvalue weighted by atomic mass is 16.5. The maximum absolute atomic E-state index is 11.7. The molecule has 30 heavy (non-hydrogen) atoms. The van der Waals surface area contributed by atoms with Crippen molar-refractivity contribution in [2.45, 2.75) is 31.2 Å². The van der Waals surface area contributed by atoms with Crippen molar-refractivity contribution in [3.8, 4) is 23.0 Å². The predicted octanol–water partition coefficient (Wildman–Crippen LogP) is 3.13. The first kappa shape index (κ1) is 21.7. The van der Waals surface area contributed by atoms with Crippen LogP contribution in [0.2, 0.25) is 0 Å². The highest BCUT2D eigenvalue weighted by Crippen LogP contribution is 2.52. The number of rotatable bonds is 8. The molecule has 1 aliphatic heterocycles. The highest BCUT2D eigenvalue weighted by Gasteiger charge is 2.53. The summed E-state index contributed by atoms with van der Waals surface area (Å²) < 4.78 is 28.0. The molecule has 1 heterocycles. The smallest absolute Gasteiger partial charge is 0.306 e. The quantitative estimate of drug-likeness (QED) is 0.674. The molecule has 0 fully saturated rings. The van der Waals surface area contributed by atoms with Gasteiger partial charge in [-0.25, -0.2) is 0 Å². The van der Waals surface area contributed by atoms with E-state index in [1.54, 1.807) is 43.3 Å². The van der Waals surface area contributed by atoms with Crippen molar-refractivity contribution < 1.29 is 38.7 Å². The van der Waals surface area contributed by atoms with Gasteiger partial charge in [0.25, 0.3) is 0 Å². The minimum Gasteiger partial charge on any atom is -0.497 e. The van der Waals surface area contributed by atoms with Crippen molar-refractivity contribution >= 4 is 5.97 Å². The molecule has 0 unspecified atom stereocenters. The van der Waals surface area contributed by atoms with Crippen molar-refractivity contribution in [2.24, 2.45) is 0 Å². The lowest BCUT2D eigenvalue weighted by molar-refractivity contribution is -0.189. The Hall–Kier alpha value is -2.97. The van der Waals surface area contributed by atoms with Crippen molar-refractivity contribution in [3.63, 3.8) is 0 Å². The topological polar surface area (TPSA) is 104 Å². The zero-order valence-electron chi connectivity index (χ0n) is 17.4. The number of aliphatic hydroxyl groups is 1. The van der Waals surface area contributed by atoms with Gasteiger partial charge in [-0.05, 0) is 36.8 Å². The molecular weight excluding hydrogens is 392 g/mol. The van der Waals surface area contributed by atoms with Crippen molar-refractivity contribution in [1.82, 2.24) is 0 Å². The molecule has 1 aliphatic rings. The fourth-order valence-electron chi connectivity index (χ4n) is 3.80. The van der Waals surface area contributed by atoms with Gasteiger partial charge >= 0.3 is 5.97 Å². The molecule has 3 atom stereocenters. The van der Waals surface area contributed by atoms with Crippen LogP contribution in [-0.2, 0) is 9.53 Å². The minimum absolute atomic E-state index is 0.275. The lowest BCUT2D eigenvalue weighted by atomic mass is 9.77. The van der Waals surface area contributed by atoms with Crippen LogP contribution in [0.5, 0.6) is 23.0 Å². The highest BCUT2D eigenvalue weighted by molar-refractivity contribution is 5.69. The molecule has 8 heteroatoms. The van der Waals surface area contributed by atoms with E-state index in [1.165, 1.54) is 21.3 Å². The van der Waals surface area contributed by atoms with Gasteiger partial charge in [0.1, 0.15) is 23.2 Å². The number of methoxy groups -OCH3 is 3. The third-order valence-electron chi connectivity index (χ3n) is 5.13. The first-order chi connectivity index (χ1) is 14.4. The number of carbonyl (C=O) groups is 1. The Bertz CT molecular complexity index is 912. The molecule has 0 amide bonds. The van der Waals surface area contributed by atoms with Crippen LogP contribution < -0.4 is 18.9 Å². The Labute approximate surface area is 174 Å². The van der Waals surface area contributed by atoms with Crippen LogP contribution in [0.15, 0.2) is 36.4 Å². The fourth-order valence-corrected chi connectivity index (χ4v) is 3.80. The molecule has 0 bridgehead atoms. The van der Waals surface area contributed by atoms with Gasteiger partial charge in [0.2, 0.25) is 0 Å². The van der Waals surface area contributed by atoms with Gasteiger partial charge in [-0.1, -0.05) is 6.07 Å². The molecule has 2 N–H and O–H groups in total. The van der Waals surface area contributed by atoms with Crippen LogP contribution in [0.4, 0.5) is 0 Å². The number of hydrogen-bond donors (Lipinski definition) is 2. The summed E-state index contributed by atoms with van der Waals surface area (Å²) in [6.45, 7) is 2.06. The number of ether oxygens (including phenoxy) is 5. The molecule has 162 valence electrons. The molecule has 0 saturated heterocycles. The Morgan fingerprint density at radius 1 is 1.07 bits per heavy atom. The van der Waals surface area contributed by atoms with E-state index in [0.717, 1.165) is 0 Å². The standard InChI is InChI=1S/C22H26O8/c1-5-29-21-15-8-7-14(26-2)11-17(15)30-20(22(21,25)12-19(23)24)13-6-9-16(27-3)18(10-13)28-4/h6-11,20-21,25H,5,12H2,1-4H3,(H,23,24)/t20-,21-,22-/m1/s1. The molecule has 2 aromatic rings. The Kier molecular flexibility index (Phi) is 6.38. The SMILES string of the molecule is CCO[C@@H]1c2ccc(OC)cc2O[C@H](c2ccc(OC)c(OC)c2)[C@]1(O)CC(=O)O. The van der Waals surface area contributed by atoms with Crippen LogP contribution in [0.25, 0.3) is 0 Å². The maximum atomic E-state index is 11.7. The second-order valence-electron chi connectivity index (χ2n) is 6.91. The van der Waals surface area contributed by atoms with Gasteiger partial charge in [0, 0.05) is 18.2 Å². The number of carboxylic acids is 1. The van der Waals surface area contributed by atoms with E-state index in [2.05, 4.69) is 0 Å². The summed E-state index contributed by atoms with van der Waals surface area (Å²) in [5, 5.41) is 21.2. The number of benzene rings is 2. The first-order valence-corrected chi connectivity index (χ1v) is 9.50. The summed E-state index contributed by atoms with van der Waals surface area (Å²) in [6.07, 6.45) is -2.54. The molecule has 2 aromatic carbocycles. The van der Waals surface area contributed by atoms with Gasteiger partial charge in [-0.3, -0.25) is 4.79 Å². The third kappa shape index (κ3) is 3.88. The van der Waals surface area contributed by atoms with Crippen LogP contribution in [-0.4, -0.2) is 49.7 Å². The van der Waals surface area contributed by atoms with Gasteiger partial charge in [0.05, 0.1) is 27.8 Å². The summed E-state index contributed by atoms with van der Waals surface area (Å²) in [6, 6.07) is 10.2. The molecule has 8 nitrogen and oxygen atoms in total. The zero-order valence-corrected chi connectivity index (χ0v) is 17.4. The normalized spacial score (nSPS) is 22.6. The van der Waals surface area contributed by atoms with Crippen molar-refractivity contribution in [1.29, 1.82) is 0 Å². The van der Waals surface area contributed by atoms with E-state index >= 15 is 0 Å². The van der Waals surface area contributed by atoms with Crippen molar-refractivity contribution in [3.05, 3.63) is 47.5 Å². The molecule has 0 spiro atoms. The Morgan fingerprint density at radius 2 is 1.80 bits per heavy atom. The molecule has 0 radical (unpaired) electrons. The second kappa shape index (κ2) is 8.81. The second-order valence-corrected chi connectivity index (χ2v) is 6.91. The first-order valence-electron chi connectivity index (χ1n) is 9.50. The van der Waals surface area contributed by atoms with Gasteiger partial charge in [-0.15, -0.1) is 0 Å². The molecular formula is C22H26O8. The summed E-state index contributed by atoms with van der Waals surface area (Å²) in [5.41, 5.74) is -0.795. The number of hydrogen-bond acceptors (Lipinski definition) is 7. The Morgan fingerprint density at radius 3 is 2.40 bits per heavy atom. The molecule has 0 aromatic heterocycles. The van der Waals surface area contributed by atoms with Crippen LogP contribution in [0.3, 0.4) is 0 Å². The fraction of sp³-hybridized carbons (Fsp3) is 0.409. The van der Waals surface area contributed by atoms with Gasteiger partial charge in [-0.2, -0.15) is 0 Å². The summed E-state index contributed by atoms with van der Waals surface area (Å²) in [4.78, 5) is 11.7. The molecule has 0 aliphatic carbocycles. The largest absolute Gasteiger partial charge is 0.497 e. The summed E-state index contributed by atoms with van der Waals surface area (Å²) >= 11 is 0. The van der Waals surface area contributed by atoms with E-state index < -0.39 is 30.2 Å². The molecule has 0 saturated carbocycles. The minimum atomic E-state index is -1.87. The number of aliphatic carboxylic acids is 1. The van der Waals surface area contributed by atoms with Crippen LogP contribution in [0, 0.1) is 0 Å². The van der Waals surface area contributed by atoms with E-state index in [4.69, 9.17) is 23.7 Å². The Balaban J connectivity index is 2.19. The summed E-state index contributed by atoms with van der Waals surface area (Å²) in [7, 11) is 4.55.